The Balaban J connectivity index is 1.76. The van der Waals surface area contributed by atoms with E-state index in [0.29, 0.717) is 25.4 Å². The molecule has 2 aromatic rings. The number of amides is 1. The van der Waals surface area contributed by atoms with Crippen molar-refractivity contribution in [3.8, 4) is 0 Å². The fourth-order valence-electron chi connectivity index (χ4n) is 2.80. The molecular formula is C17H20BrN3O5. The average Bonchev–Trinajstić information content (AvgIpc) is 3.22. The van der Waals surface area contributed by atoms with Crippen molar-refractivity contribution in [3.63, 3.8) is 0 Å². The number of ether oxygens (including phenoxy) is 3. The van der Waals surface area contributed by atoms with Crippen LogP contribution in [0, 0.1) is 0 Å². The van der Waals surface area contributed by atoms with E-state index in [1.54, 1.807) is 11.9 Å². The summed E-state index contributed by atoms with van der Waals surface area (Å²) in [6.07, 6.45) is -0.317. The zero-order valence-corrected chi connectivity index (χ0v) is 16.1. The van der Waals surface area contributed by atoms with Crippen LogP contribution in [0.25, 0.3) is 10.9 Å². The highest BCUT2D eigenvalue weighted by atomic mass is 79.9. The summed E-state index contributed by atoms with van der Waals surface area (Å²) in [6, 6.07) is 5.50. The third-order valence-corrected chi connectivity index (χ3v) is 4.47. The average molecular weight is 426 g/mol. The number of hydrogen-bond donors (Lipinski definition) is 2. The molecule has 0 spiro atoms. The van der Waals surface area contributed by atoms with Crippen LogP contribution in [-0.2, 0) is 19.0 Å². The first-order valence-electron chi connectivity index (χ1n) is 8.09. The first-order chi connectivity index (χ1) is 12.5. The number of aromatic nitrogens is 1. The topological polar surface area (TPSA) is 92.9 Å². The molecule has 1 aliphatic heterocycles. The number of carbonyl (C=O) groups excluding carboxylic acids is 2. The third-order valence-electron chi connectivity index (χ3n) is 3.98. The molecule has 9 heteroatoms. The van der Waals surface area contributed by atoms with Crippen molar-refractivity contribution < 1.29 is 23.8 Å². The summed E-state index contributed by atoms with van der Waals surface area (Å²) >= 11 is 3.41. The monoisotopic (exact) mass is 425 g/mol. The van der Waals surface area contributed by atoms with E-state index >= 15 is 0 Å². The molecule has 0 saturated carbocycles. The number of nitrogens with one attached hydrogen (secondary N) is 2. The van der Waals surface area contributed by atoms with Crippen molar-refractivity contribution in [2.24, 2.45) is 0 Å². The number of esters is 1. The number of halogens is 1. The first kappa shape index (κ1) is 18.8. The van der Waals surface area contributed by atoms with Crippen LogP contribution in [-0.4, -0.2) is 68.5 Å². The minimum absolute atomic E-state index is 0.129. The Kier molecular flexibility index (Phi) is 5.92. The Hall–Kier alpha value is -1.94. The van der Waals surface area contributed by atoms with Gasteiger partial charge in [-0.3, -0.25) is 9.69 Å². The Labute approximate surface area is 158 Å². The molecule has 1 fully saturated rings. The maximum absolute atomic E-state index is 12.5. The smallest absolute Gasteiger partial charge is 0.356 e. The lowest BCUT2D eigenvalue weighted by Gasteiger charge is -2.19. The van der Waals surface area contributed by atoms with E-state index in [1.165, 1.54) is 7.11 Å². The SMILES string of the molecule is COC(=O)c1[nH]c2ccc(Br)cc2c1NC(=O)CN(C)CC1OCCO1. The second kappa shape index (κ2) is 8.17. The highest BCUT2D eigenvalue weighted by Crippen LogP contribution is 2.30. The Morgan fingerprint density at radius 3 is 2.81 bits per heavy atom. The summed E-state index contributed by atoms with van der Waals surface area (Å²) in [5.41, 5.74) is 1.34. The summed E-state index contributed by atoms with van der Waals surface area (Å²) in [5, 5.41) is 3.54. The minimum atomic E-state index is -0.547. The van der Waals surface area contributed by atoms with E-state index in [2.05, 4.69) is 26.2 Å². The normalized spacial score (nSPS) is 14.9. The standard InChI is InChI=1S/C17H20BrN3O5/c1-21(9-14-25-5-6-26-14)8-13(22)20-15-11-7-10(18)3-4-12(11)19-16(15)17(23)24-2/h3-4,7,14,19H,5-6,8-9H2,1-2H3,(H,20,22). The van der Waals surface area contributed by atoms with Crippen LogP contribution in [0.15, 0.2) is 22.7 Å². The molecule has 140 valence electrons. The molecule has 0 unspecified atom stereocenters. The number of aromatic amines is 1. The van der Waals surface area contributed by atoms with E-state index < -0.39 is 5.97 Å². The molecule has 26 heavy (non-hydrogen) atoms. The van der Waals surface area contributed by atoms with Crippen LogP contribution in [0.5, 0.6) is 0 Å². The maximum Gasteiger partial charge on any atom is 0.356 e. The second-order valence-electron chi connectivity index (χ2n) is 5.97. The second-order valence-corrected chi connectivity index (χ2v) is 6.89. The molecule has 2 heterocycles. The number of carbonyl (C=O) groups is 2. The van der Waals surface area contributed by atoms with Gasteiger partial charge in [-0.2, -0.15) is 0 Å². The Morgan fingerprint density at radius 2 is 2.12 bits per heavy atom. The molecule has 1 aromatic carbocycles. The lowest BCUT2D eigenvalue weighted by molar-refractivity contribution is -0.118. The number of rotatable bonds is 6. The van der Waals surface area contributed by atoms with Crippen LogP contribution in [0.2, 0.25) is 0 Å². The van der Waals surface area contributed by atoms with Gasteiger partial charge >= 0.3 is 5.97 Å². The highest BCUT2D eigenvalue weighted by Gasteiger charge is 2.22. The van der Waals surface area contributed by atoms with Gasteiger partial charge in [0.05, 0.1) is 32.6 Å². The quantitative estimate of drug-likeness (QED) is 0.687. The summed E-state index contributed by atoms with van der Waals surface area (Å²) in [4.78, 5) is 29.3. The summed E-state index contributed by atoms with van der Waals surface area (Å²) in [6.45, 7) is 1.75. The van der Waals surface area contributed by atoms with Gasteiger partial charge in [0.1, 0.15) is 5.69 Å². The summed E-state index contributed by atoms with van der Waals surface area (Å²) in [7, 11) is 3.10. The van der Waals surface area contributed by atoms with Gasteiger partial charge in [0.2, 0.25) is 5.91 Å². The van der Waals surface area contributed by atoms with Gasteiger partial charge < -0.3 is 24.5 Å². The zero-order chi connectivity index (χ0) is 18.7. The largest absolute Gasteiger partial charge is 0.464 e. The molecule has 1 amide bonds. The number of fused-ring (bicyclic) bond motifs is 1. The van der Waals surface area contributed by atoms with Gasteiger partial charge in [-0.1, -0.05) is 15.9 Å². The van der Waals surface area contributed by atoms with Crippen LogP contribution in [0.4, 0.5) is 5.69 Å². The number of likely N-dealkylation sites (N-methyl/N-ethyl adjacent to an activating group) is 1. The molecule has 0 radical (unpaired) electrons. The van der Waals surface area contributed by atoms with Crippen LogP contribution >= 0.6 is 15.9 Å². The van der Waals surface area contributed by atoms with E-state index in [4.69, 9.17) is 14.2 Å². The van der Waals surface area contributed by atoms with E-state index in [1.807, 2.05) is 18.2 Å². The number of benzene rings is 1. The van der Waals surface area contributed by atoms with Gasteiger partial charge in [0.25, 0.3) is 0 Å². The molecule has 8 nitrogen and oxygen atoms in total. The lowest BCUT2D eigenvalue weighted by atomic mass is 10.2. The van der Waals surface area contributed by atoms with Crippen molar-refractivity contribution in [1.82, 2.24) is 9.88 Å². The van der Waals surface area contributed by atoms with Gasteiger partial charge in [-0.25, -0.2) is 4.79 Å². The van der Waals surface area contributed by atoms with Crippen molar-refractivity contribution in [3.05, 3.63) is 28.4 Å². The number of hydrogen-bond acceptors (Lipinski definition) is 6. The summed E-state index contributed by atoms with van der Waals surface area (Å²) < 4.78 is 16.4. The Morgan fingerprint density at radius 1 is 1.38 bits per heavy atom. The molecule has 1 aromatic heterocycles. The van der Waals surface area contributed by atoms with Crippen molar-refractivity contribution >= 4 is 44.4 Å². The van der Waals surface area contributed by atoms with E-state index in [9.17, 15) is 9.59 Å². The van der Waals surface area contributed by atoms with Crippen LogP contribution in [0.3, 0.4) is 0 Å². The van der Waals surface area contributed by atoms with Gasteiger partial charge in [0.15, 0.2) is 6.29 Å². The number of H-pyrrole nitrogens is 1. The number of nitrogens with zero attached hydrogens (tertiary/aromatic N) is 1. The predicted octanol–water partition coefficient (Wildman–Crippen LogP) is 1.96. The Bertz CT molecular complexity index is 816. The van der Waals surface area contributed by atoms with Crippen molar-refractivity contribution in [2.45, 2.75) is 6.29 Å². The molecular weight excluding hydrogens is 406 g/mol. The maximum atomic E-state index is 12.5. The fourth-order valence-corrected chi connectivity index (χ4v) is 3.17. The molecule has 0 bridgehead atoms. The van der Waals surface area contributed by atoms with Crippen molar-refractivity contribution in [2.75, 3.05) is 45.8 Å². The predicted molar refractivity (Wildman–Crippen MR) is 99.2 cm³/mol. The molecule has 1 aliphatic rings. The number of methoxy groups -OCH3 is 1. The van der Waals surface area contributed by atoms with E-state index in [-0.39, 0.29) is 24.4 Å². The molecule has 0 atom stereocenters. The first-order valence-corrected chi connectivity index (χ1v) is 8.88. The van der Waals surface area contributed by atoms with Crippen LogP contribution in [0.1, 0.15) is 10.5 Å². The minimum Gasteiger partial charge on any atom is -0.464 e. The van der Waals surface area contributed by atoms with Gasteiger partial charge in [-0.05, 0) is 25.2 Å². The lowest BCUT2D eigenvalue weighted by Crippen LogP contribution is -2.36. The van der Waals surface area contributed by atoms with Gasteiger partial charge in [-0.15, -0.1) is 0 Å². The molecule has 2 N–H and O–H groups in total. The molecule has 1 saturated heterocycles. The fraction of sp³-hybridized carbons (Fsp3) is 0.412. The van der Waals surface area contributed by atoms with Crippen molar-refractivity contribution in [1.29, 1.82) is 0 Å². The zero-order valence-electron chi connectivity index (χ0n) is 14.5. The molecule has 0 aliphatic carbocycles. The van der Waals surface area contributed by atoms with Gasteiger partial charge in [0, 0.05) is 21.9 Å². The molecule has 3 rings (SSSR count). The third kappa shape index (κ3) is 4.24. The van der Waals surface area contributed by atoms with E-state index in [0.717, 1.165) is 15.4 Å². The summed E-state index contributed by atoms with van der Waals surface area (Å²) in [5.74, 6) is -0.801. The highest BCUT2D eigenvalue weighted by molar-refractivity contribution is 9.10. The van der Waals surface area contributed by atoms with Crippen LogP contribution < -0.4 is 5.32 Å². The number of anilines is 1.